The minimum atomic E-state index is -0.227. The Balaban J connectivity index is 0. The molecule has 0 aromatic rings. The van der Waals surface area contributed by atoms with Crippen LogP contribution >= 0.6 is 24.8 Å². The first-order valence-corrected chi connectivity index (χ1v) is 4.47. The summed E-state index contributed by atoms with van der Waals surface area (Å²) in [7, 11) is 0. The molecule has 1 atom stereocenters. The molecule has 1 unspecified atom stereocenters. The number of amides is 1. The largest absolute Gasteiger partial charge is 0.369 e. The third-order valence-electron chi connectivity index (χ3n) is 2.30. The van der Waals surface area contributed by atoms with Crippen LogP contribution in [0.4, 0.5) is 0 Å². The zero-order valence-electron chi connectivity index (χ0n) is 8.36. The van der Waals surface area contributed by atoms with Crippen molar-refractivity contribution in [3.05, 3.63) is 0 Å². The molecule has 1 rings (SSSR count). The molecular formula is C8H19Cl2N3O. The number of nitrogens with two attached hydrogens (primary N) is 1. The fourth-order valence-electron chi connectivity index (χ4n) is 1.61. The summed E-state index contributed by atoms with van der Waals surface area (Å²) < 4.78 is 0. The Morgan fingerprint density at radius 1 is 1.57 bits per heavy atom. The molecule has 1 aliphatic heterocycles. The molecular weight excluding hydrogens is 225 g/mol. The number of rotatable bonds is 3. The molecule has 0 saturated carbocycles. The lowest BCUT2D eigenvalue weighted by atomic mass is 10.1. The van der Waals surface area contributed by atoms with Gasteiger partial charge in [0.25, 0.3) is 0 Å². The predicted molar refractivity (Wildman–Crippen MR) is 62.2 cm³/mol. The quantitative estimate of drug-likeness (QED) is 0.734. The molecule has 1 aliphatic rings. The van der Waals surface area contributed by atoms with Crippen molar-refractivity contribution in [2.75, 3.05) is 26.2 Å². The van der Waals surface area contributed by atoms with Crippen molar-refractivity contribution in [3.63, 3.8) is 0 Å². The molecule has 0 radical (unpaired) electrons. The van der Waals surface area contributed by atoms with Crippen LogP contribution in [0, 0.1) is 0 Å². The number of carbonyl (C=O) groups excluding carboxylic acids is 1. The lowest BCUT2D eigenvalue weighted by Crippen LogP contribution is -2.53. The Bertz CT molecular complexity index is 169. The van der Waals surface area contributed by atoms with Crippen LogP contribution in [0.3, 0.4) is 0 Å². The number of nitrogens with one attached hydrogen (secondary N) is 1. The summed E-state index contributed by atoms with van der Waals surface area (Å²) >= 11 is 0. The SMILES string of the molecule is CCC1CNCCN1CC(N)=O.Cl.Cl. The third kappa shape index (κ3) is 5.00. The highest BCUT2D eigenvalue weighted by atomic mass is 35.5. The van der Waals surface area contributed by atoms with E-state index >= 15 is 0 Å². The van der Waals surface area contributed by atoms with Crippen molar-refractivity contribution in [3.8, 4) is 0 Å². The molecule has 6 heteroatoms. The number of carbonyl (C=O) groups is 1. The van der Waals surface area contributed by atoms with Gasteiger partial charge in [0.2, 0.25) is 5.91 Å². The Hall–Kier alpha value is -0.0300. The van der Waals surface area contributed by atoms with Gasteiger partial charge in [0.1, 0.15) is 0 Å². The van der Waals surface area contributed by atoms with Gasteiger partial charge in [-0.15, -0.1) is 24.8 Å². The smallest absolute Gasteiger partial charge is 0.231 e. The molecule has 3 N–H and O–H groups in total. The van der Waals surface area contributed by atoms with E-state index < -0.39 is 0 Å². The van der Waals surface area contributed by atoms with Gasteiger partial charge in [-0.1, -0.05) is 6.92 Å². The molecule has 1 saturated heterocycles. The van der Waals surface area contributed by atoms with Crippen molar-refractivity contribution >= 4 is 30.7 Å². The molecule has 0 spiro atoms. The van der Waals surface area contributed by atoms with Crippen LogP contribution in [0.15, 0.2) is 0 Å². The first-order valence-electron chi connectivity index (χ1n) is 4.47. The highest BCUT2D eigenvalue weighted by Gasteiger charge is 2.21. The van der Waals surface area contributed by atoms with Crippen LogP contribution in [0.25, 0.3) is 0 Å². The fourth-order valence-corrected chi connectivity index (χ4v) is 1.61. The first-order chi connectivity index (χ1) is 5.74. The summed E-state index contributed by atoms with van der Waals surface area (Å²) in [6.45, 7) is 5.40. The zero-order chi connectivity index (χ0) is 8.97. The topological polar surface area (TPSA) is 58.4 Å². The second kappa shape index (κ2) is 8.29. The molecule has 0 aromatic carbocycles. The fraction of sp³-hybridized carbons (Fsp3) is 0.875. The van der Waals surface area contributed by atoms with E-state index in [0.29, 0.717) is 12.6 Å². The van der Waals surface area contributed by atoms with Gasteiger partial charge >= 0.3 is 0 Å². The lowest BCUT2D eigenvalue weighted by molar-refractivity contribution is -0.119. The summed E-state index contributed by atoms with van der Waals surface area (Å²) in [4.78, 5) is 12.8. The molecule has 0 bridgehead atoms. The molecule has 4 nitrogen and oxygen atoms in total. The molecule has 0 aliphatic carbocycles. The Kier molecular flexibility index (Phi) is 9.72. The summed E-state index contributed by atoms with van der Waals surface area (Å²) in [5.41, 5.74) is 5.14. The maximum atomic E-state index is 10.7. The maximum Gasteiger partial charge on any atom is 0.231 e. The van der Waals surface area contributed by atoms with Gasteiger partial charge < -0.3 is 11.1 Å². The zero-order valence-corrected chi connectivity index (χ0v) is 10.00. The Morgan fingerprint density at radius 3 is 2.71 bits per heavy atom. The van der Waals surface area contributed by atoms with Crippen LogP contribution in [0.5, 0.6) is 0 Å². The Morgan fingerprint density at radius 2 is 2.21 bits per heavy atom. The highest BCUT2D eigenvalue weighted by molar-refractivity contribution is 5.85. The second-order valence-corrected chi connectivity index (χ2v) is 3.20. The number of piperazine rings is 1. The Labute approximate surface area is 97.4 Å². The normalized spacial score (nSPS) is 21.9. The van der Waals surface area contributed by atoms with Crippen LogP contribution in [-0.4, -0.2) is 43.0 Å². The average molecular weight is 244 g/mol. The third-order valence-corrected chi connectivity index (χ3v) is 2.30. The molecule has 86 valence electrons. The van der Waals surface area contributed by atoms with E-state index in [1.807, 2.05) is 0 Å². The van der Waals surface area contributed by atoms with E-state index in [0.717, 1.165) is 26.1 Å². The van der Waals surface area contributed by atoms with Crippen molar-refractivity contribution in [2.45, 2.75) is 19.4 Å². The van der Waals surface area contributed by atoms with E-state index in [1.54, 1.807) is 0 Å². The number of hydrogen-bond acceptors (Lipinski definition) is 3. The minimum absolute atomic E-state index is 0. The van der Waals surface area contributed by atoms with Gasteiger partial charge in [0, 0.05) is 25.7 Å². The second-order valence-electron chi connectivity index (χ2n) is 3.20. The number of hydrogen-bond donors (Lipinski definition) is 2. The molecule has 14 heavy (non-hydrogen) atoms. The summed E-state index contributed by atoms with van der Waals surface area (Å²) in [5, 5.41) is 3.30. The molecule has 1 heterocycles. The lowest BCUT2D eigenvalue weighted by Gasteiger charge is -2.34. The van der Waals surface area contributed by atoms with Gasteiger partial charge in [-0.05, 0) is 6.42 Å². The van der Waals surface area contributed by atoms with Crippen LogP contribution in [0.2, 0.25) is 0 Å². The average Bonchev–Trinajstić information content (AvgIpc) is 2.04. The predicted octanol–water partition coefficient (Wildman–Crippen LogP) is -0.000900. The van der Waals surface area contributed by atoms with Gasteiger partial charge in [-0.2, -0.15) is 0 Å². The van der Waals surface area contributed by atoms with Gasteiger partial charge in [0.05, 0.1) is 6.54 Å². The highest BCUT2D eigenvalue weighted by Crippen LogP contribution is 2.05. The van der Waals surface area contributed by atoms with Crippen molar-refractivity contribution in [1.29, 1.82) is 0 Å². The van der Waals surface area contributed by atoms with Gasteiger partial charge in [-0.3, -0.25) is 9.69 Å². The van der Waals surface area contributed by atoms with Gasteiger partial charge in [-0.25, -0.2) is 0 Å². The van der Waals surface area contributed by atoms with E-state index in [-0.39, 0.29) is 30.7 Å². The summed E-state index contributed by atoms with van der Waals surface area (Å²) in [5.74, 6) is -0.227. The van der Waals surface area contributed by atoms with E-state index in [2.05, 4.69) is 17.1 Å². The molecule has 1 fully saturated rings. The van der Waals surface area contributed by atoms with E-state index in [4.69, 9.17) is 5.73 Å². The minimum Gasteiger partial charge on any atom is -0.369 e. The van der Waals surface area contributed by atoms with Crippen molar-refractivity contribution < 1.29 is 4.79 Å². The van der Waals surface area contributed by atoms with Crippen LogP contribution in [-0.2, 0) is 4.79 Å². The van der Waals surface area contributed by atoms with Crippen LogP contribution < -0.4 is 11.1 Å². The molecule has 1 amide bonds. The summed E-state index contributed by atoms with van der Waals surface area (Å²) in [6.07, 6.45) is 1.07. The standard InChI is InChI=1S/C8H17N3O.2ClH/c1-2-7-5-10-3-4-11(7)6-8(9)12;;/h7,10H,2-6H2,1H3,(H2,9,12);2*1H. The molecule has 0 aromatic heterocycles. The number of halogens is 2. The van der Waals surface area contributed by atoms with E-state index in [1.165, 1.54) is 0 Å². The summed E-state index contributed by atoms with van der Waals surface area (Å²) in [6, 6.07) is 0.478. The maximum absolute atomic E-state index is 10.7. The van der Waals surface area contributed by atoms with Crippen molar-refractivity contribution in [2.24, 2.45) is 5.73 Å². The monoisotopic (exact) mass is 243 g/mol. The van der Waals surface area contributed by atoms with Crippen molar-refractivity contribution in [1.82, 2.24) is 10.2 Å². The number of nitrogens with zero attached hydrogens (tertiary/aromatic N) is 1. The van der Waals surface area contributed by atoms with E-state index in [9.17, 15) is 4.79 Å². The van der Waals surface area contributed by atoms with Crippen LogP contribution in [0.1, 0.15) is 13.3 Å². The van der Waals surface area contributed by atoms with Gasteiger partial charge in [0.15, 0.2) is 0 Å². The first kappa shape index (κ1) is 16.4. The number of primary amides is 1.